The number of nitrogen functional groups attached to an aromatic ring is 1. The number of Topliss-reactive ketones (excluding diaryl/α,β-unsaturated/α-hetero) is 1. The third-order valence-corrected chi connectivity index (χ3v) is 4.88. The van der Waals surface area contributed by atoms with Crippen LogP contribution in [-0.2, 0) is 24.1 Å². The van der Waals surface area contributed by atoms with Gasteiger partial charge in [-0.3, -0.25) is 9.78 Å². The summed E-state index contributed by atoms with van der Waals surface area (Å²) < 4.78 is 0. The average molecular weight is 242 g/mol. The molecule has 1 heterocycles. The molecule has 2 unspecified atom stereocenters. The summed E-state index contributed by atoms with van der Waals surface area (Å²) in [5.41, 5.74) is 12.3. The van der Waals surface area contributed by atoms with E-state index in [1.165, 1.54) is 28.9 Å². The van der Waals surface area contributed by atoms with Crippen LogP contribution in [-0.4, -0.2) is 10.8 Å². The molecule has 0 saturated heterocycles. The van der Waals surface area contributed by atoms with Crippen LogP contribution in [0.25, 0.3) is 0 Å². The molecule has 0 spiro atoms. The van der Waals surface area contributed by atoms with Gasteiger partial charge in [-0.2, -0.15) is 0 Å². The number of fused-ring (bicyclic) bond motifs is 5. The minimum Gasteiger partial charge on any atom is -0.398 e. The van der Waals surface area contributed by atoms with Gasteiger partial charge < -0.3 is 5.73 Å². The van der Waals surface area contributed by atoms with E-state index in [1.54, 1.807) is 0 Å². The predicted octanol–water partition coefficient (Wildman–Crippen LogP) is 2.16. The lowest BCUT2D eigenvalue weighted by molar-refractivity contribution is -0.122. The summed E-state index contributed by atoms with van der Waals surface area (Å²) in [6.45, 7) is 0. The van der Waals surface area contributed by atoms with Gasteiger partial charge in [0.15, 0.2) is 0 Å². The maximum atomic E-state index is 11.8. The molecule has 0 radical (unpaired) electrons. The first kappa shape index (κ1) is 10.5. The third kappa shape index (κ3) is 1.36. The predicted molar refractivity (Wildman–Crippen MR) is 69.5 cm³/mol. The van der Waals surface area contributed by atoms with Crippen molar-refractivity contribution in [2.75, 3.05) is 5.73 Å². The molecule has 2 N–H and O–H groups in total. The Morgan fingerprint density at radius 1 is 1.11 bits per heavy atom. The minimum atomic E-state index is 0.360. The van der Waals surface area contributed by atoms with Gasteiger partial charge in [0.1, 0.15) is 5.78 Å². The van der Waals surface area contributed by atoms with E-state index < -0.39 is 0 Å². The number of anilines is 1. The van der Waals surface area contributed by atoms with Gasteiger partial charge in [0, 0.05) is 35.5 Å². The first-order valence-electron chi connectivity index (χ1n) is 7.04. The van der Waals surface area contributed by atoms with Gasteiger partial charge in [0.2, 0.25) is 0 Å². The van der Waals surface area contributed by atoms with Crippen LogP contribution >= 0.6 is 0 Å². The van der Waals surface area contributed by atoms with Crippen LogP contribution in [0.3, 0.4) is 0 Å². The number of carbonyl (C=O) groups is 1. The molecule has 2 bridgehead atoms. The van der Waals surface area contributed by atoms with Crippen molar-refractivity contribution in [3.05, 3.63) is 22.5 Å². The molecule has 94 valence electrons. The smallest absolute Gasteiger partial charge is 0.133 e. The highest BCUT2D eigenvalue weighted by Crippen LogP contribution is 2.46. The number of hydrogen-bond acceptors (Lipinski definition) is 3. The fourth-order valence-corrected chi connectivity index (χ4v) is 4.19. The van der Waals surface area contributed by atoms with E-state index in [2.05, 4.69) is 0 Å². The van der Waals surface area contributed by atoms with Gasteiger partial charge >= 0.3 is 0 Å². The number of hydrogen-bond donors (Lipinski definition) is 1. The number of pyridine rings is 1. The molecule has 0 aromatic carbocycles. The van der Waals surface area contributed by atoms with Gasteiger partial charge in [-0.05, 0) is 49.5 Å². The summed E-state index contributed by atoms with van der Waals surface area (Å²) in [5.74, 6) is 1.30. The van der Waals surface area contributed by atoms with Crippen LogP contribution in [0.1, 0.15) is 54.1 Å². The van der Waals surface area contributed by atoms with Crippen LogP contribution < -0.4 is 5.73 Å². The molecule has 0 aliphatic heterocycles. The van der Waals surface area contributed by atoms with E-state index in [0.717, 1.165) is 37.8 Å². The molecular weight excluding hydrogens is 224 g/mol. The summed E-state index contributed by atoms with van der Waals surface area (Å²) in [7, 11) is 0. The monoisotopic (exact) mass is 242 g/mol. The van der Waals surface area contributed by atoms with E-state index in [-0.39, 0.29) is 0 Å². The highest BCUT2D eigenvalue weighted by molar-refractivity contribution is 5.81. The zero-order valence-electron chi connectivity index (χ0n) is 10.5. The molecule has 4 rings (SSSR count). The Hall–Kier alpha value is -1.38. The molecule has 0 amide bonds. The number of nitrogens with two attached hydrogens (primary N) is 1. The molecule has 3 nitrogen and oxygen atoms in total. The molecular formula is C15H18N2O. The Morgan fingerprint density at radius 3 is 2.89 bits per heavy atom. The number of aryl methyl sites for hydroxylation is 1. The Labute approximate surface area is 107 Å². The number of nitrogens with zero attached hydrogens (tertiary/aromatic N) is 1. The minimum absolute atomic E-state index is 0.360. The summed E-state index contributed by atoms with van der Waals surface area (Å²) in [5, 5.41) is 0. The standard InChI is InChI=1S/C15H18N2O/c16-15-11-2-1-3-12(11)17-13-6-8-4-9(14(13)15)7-10(18)5-8/h8-9H,1-7H2,(H2,16,17). The van der Waals surface area contributed by atoms with Crippen LogP contribution in [0.2, 0.25) is 0 Å². The van der Waals surface area contributed by atoms with Gasteiger partial charge in [0.25, 0.3) is 0 Å². The first-order valence-corrected chi connectivity index (χ1v) is 7.04. The van der Waals surface area contributed by atoms with Crippen molar-refractivity contribution in [1.29, 1.82) is 0 Å². The van der Waals surface area contributed by atoms with Crippen LogP contribution in [0, 0.1) is 5.92 Å². The molecule has 3 aliphatic carbocycles. The Balaban J connectivity index is 1.89. The number of ketones is 1. The average Bonchev–Trinajstić information content (AvgIpc) is 2.76. The van der Waals surface area contributed by atoms with Crippen molar-refractivity contribution in [3.8, 4) is 0 Å². The molecule has 3 heteroatoms. The molecule has 18 heavy (non-hydrogen) atoms. The zero-order chi connectivity index (χ0) is 12.3. The van der Waals surface area contributed by atoms with Gasteiger partial charge in [-0.25, -0.2) is 0 Å². The maximum Gasteiger partial charge on any atom is 0.133 e. The maximum absolute atomic E-state index is 11.8. The van der Waals surface area contributed by atoms with Gasteiger partial charge in [-0.15, -0.1) is 0 Å². The Kier molecular flexibility index (Phi) is 2.08. The molecule has 2 atom stereocenters. The largest absolute Gasteiger partial charge is 0.398 e. The van der Waals surface area contributed by atoms with E-state index in [0.29, 0.717) is 24.0 Å². The van der Waals surface area contributed by atoms with Gasteiger partial charge in [0.05, 0.1) is 0 Å². The second-order valence-electron chi connectivity index (χ2n) is 6.11. The van der Waals surface area contributed by atoms with Crippen molar-refractivity contribution in [1.82, 2.24) is 4.98 Å². The van der Waals surface area contributed by atoms with E-state index in [1.807, 2.05) is 0 Å². The van der Waals surface area contributed by atoms with Crippen molar-refractivity contribution in [3.63, 3.8) is 0 Å². The summed E-state index contributed by atoms with van der Waals surface area (Å²) in [4.78, 5) is 16.6. The van der Waals surface area contributed by atoms with Crippen molar-refractivity contribution in [2.45, 2.75) is 50.9 Å². The second-order valence-corrected chi connectivity index (χ2v) is 6.11. The lowest BCUT2D eigenvalue weighted by Crippen LogP contribution is -2.30. The third-order valence-electron chi connectivity index (χ3n) is 4.88. The van der Waals surface area contributed by atoms with E-state index in [9.17, 15) is 4.79 Å². The molecule has 3 aliphatic rings. The zero-order valence-corrected chi connectivity index (χ0v) is 10.5. The lowest BCUT2D eigenvalue weighted by Gasteiger charge is -2.36. The fraction of sp³-hybridized carbons (Fsp3) is 0.600. The van der Waals surface area contributed by atoms with E-state index in [4.69, 9.17) is 10.7 Å². The van der Waals surface area contributed by atoms with Crippen LogP contribution in [0.5, 0.6) is 0 Å². The quantitative estimate of drug-likeness (QED) is 0.758. The summed E-state index contributed by atoms with van der Waals surface area (Å²) in [6, 6.07) is 0. The highest BCUT2D eigenvalue weighted by atomic mass is 16.1. The topological polar surface area (TPSA) is 56.0 Å². The number of aromatic nitrogens is 1. The van der Waals surface area contributed by atoms with Crippen molar-refractivity contribution in [2.24, 2.45) is 5.92 Å². The normalized spacial score (nSPS) is 29.0. The van der Waals surface area contributed by atoms with Crippen LogP contribution in [0.15, 0.2) is 0 Å². The van der Waals surface area contributed by atoms with Gasteiger partial charge in [-0.1, -0.05) is 0 Å². The SMILES string of the molecule is Nc1c2c(nc3c1C1CC(=O)CC(C3)C1)CCC2. The highest BCUT2D eigenvalue weighted by Gasteiger charge is 2.37. The Bertz CT molecular complexity index is 550. The lowest BCUT2D eigenvalue weighted by atomic mass is 9.69. The summed E-state index contributed by atoms with van der Waals surface area (Å²) in [6.07, 6.45) is 6.90. The number of rotatable bonds is 0. The Morgan fingerprint density at radius 2 is 2.00 bits per heavy atom. The molecule has 1 aromatic heterocycles. The second kappa shape index (κ2) is 3.56. The van der Waals surface area contributed by atoms with Crippen molar-refractivity contribution < 1.29 is 4.79 Å². The number of carbonyl (C=O) groups excluding carboxylic acids is 1. The van der Waals surface area contributed by atoms with Crippen LogP contribution in [0.4, 0.5) is 5.69 Å². The molecule has 1 aromatic rings. The molecule has 1 saturated carbocycles. The van der Waals surface area contributed by atoms with E-state index >= 15 is 0 Å². The van der Waals surface area contributed by atoms with Crippen molar-refractivity contribution >= 4 is 11.5 Å². The first-order chi connectivity index (χ1) is 8.72. The molecule has 1 fully saturated rings. The summed E-state index contributed by atoms with van der Waals surface area (Å²) >= 11 is 0. The fourth-order valence-electron chi connectivity index (χ4n) is 4.19.